The third-order valence-corrected chi connectivity index (χ3v) is 20.2. The summed E-state index contributed by atoms with van der Waals surface area (Å²) in [5.41, 5.74) is 3.82. The van der Waals surface area contributed by atoms with Crippen molar-refractivity contribution in [3.63, 3.8) is 0 Å². The van der Waals surface area contributed by atoms with E-state index in [1.54, 1.807) is 47.4 Å². The van der Waals surface area contributed by atoms with Crippen molar-refractivity contribution in [1.82, 2.24) is 16.0 Å². The number of benzene rings is 4. The number of Topliss-reactive ketones (excluding diaryl/α,β-unsaturated/α-hetero) is 1. The van der Waals surface area contributed by atoms with Crippen LogP contribution in [0.2, 0.25) is 0 Å². The van der Waals surface area contributed by atoms with Crippen LogP contribution in [0.25, 0.3) is 0 Å². The lowest BCUT2D eigenvalue weighted by Gasteiger charge is -2.70. The smallest absolute Gasteiger partial charge is 0.407 e. The monoisotopic (exact) mass is 1180 g/mol. The van der Waals surface area contributed by atoms with E-state index in [1.165, 1.54) is 0 Å². The van der Waals surface area contributed by atoms with Crippen LogP contribution in [0.4, 0.5) is 16.2 Å². The van der Waals surface area contributed by atoms with E-state index in [-0.39, 0.29) is 72.8 Å². The number of rotatable bonds is 19. The average Bonchev–Trinajstić information content (AvgIpc) is 1.68. The lowest BCUT2D eigenvalue weighted by Crippen LogP contribution is -2.75. The molecule has 0 aromatic heterocycles. The highest BCUT2D eigenvalue weighted by atomic mass is 16.7. The van der Waals surface area contributed by atoms with Gasteiger partial charge in [0, 0.05) is 63.9 Å². The molecule has 7 N–H and O–H groups in total. The molecule has 2 aliphatic heterocycles. The third-order valence-electron chi connectivity index (χ3n) is 20.2. The van der Waals surface area contributed by atoms with Gasteiger partial charge in [-0.1, -0.05) is 104 Å². The maximum Gasteiger partial charge on any atom is 0.407 e. The Hall–Kier alpha value is -8.28. The number of nitrogens with zero attached hydrogens (tertiary/aromatic N) is 1. The number of alkyl carbamates (subject to hydrolysis) is 1. The molecule has 0 radical (unpaired) electrons. The van der Waals surface area contributed by atoms with Gasteiger partial charge in [-0.25, -0.2) is 4.79 Å². The van der Waals surface area contributed by atoms with Gasteiger partial charge in [0.25, 0.3) is 0 Å². The largest absolute Gasteiger partial charge is 0.481 e. The molecule has 9 aliphatic rings. The van der Waals surface area contributed by atoms with E-state index >= 15 is 0 Å². The number of aliphatic carboxylic acids is 1. The summed E-state index contributed by atoms with van der Waals surface area (Å²) in [6.45, 7) is 3.12. The summed E-state index contributed by atoms with van der Waals surface area (Å²) in [7, 11) is 0. The molecule has 2 heterocycles. The molecule has 19 heteroatoms. The van der Waals surface area contributed by atoms with Crippen LogP contribution >= 0.6 is 0 Å². The zero-order chi connectivity index (χ0) is 61.0. The minimum absolute atomic E-state index is 0.00677. The van der Waals surface area contributed by atoms with Crippen molar-refractivity contribution < 1.29 is 67.9 Å². The Balaban J connectivity index is 0.576. The number of ether oxygens (including phenoxy) is 3. The number of aliphatic hydroxyl groups excluding tert-OH is 2. The Labute approximate surface area is 503 Å². The number of carbonyl (C=O) groups is 8. The van der Waals surface area contributed by atoms with Gasteiger partial charge in [-0.05, 0) is 134 Å². The molecular formula is C68H71N5O14. The predicted octanol–water partition coefficient (Wildman–Crippen LogP) is 6.81. The fourth-order valence-electron chi connectivity index (χ4n) is 16.3. The number of hydrogen-bond donors (Lipinski definition) is 7. The van der Waals surface area contributed by atoms with E-state index in [1.807, 2.05) is 79.7 Å². The maximum absolute atomic E-state index is 14.0. The van der Waals surface area contributed by atoms with Gasteiger partial charge in [-0.15, -0.1) is 0 Å². The number of hydrogen-bond acceptors (Lipinski definition) is 13. The first-order valence-corrected chi connectivity index (χ1v) is 30.0. The number of anilines is 2. The van der Waals surface area contributed by atoms with Crippen LogP contribution < -0.4 is 26.2 Å². The topological polar surface area (TPSA) is 276 Å². The molecule has 4 aromatic rings. The van der Waals surface area contributed by atoms with Crippen LogP contribution in [-0.2, 0) is 67.3 Å². The van der Waals surface area contributed by atoms with E-state index < -0.39 is 96.1 Å². The van der Waals surface area contributed by atoms with Crippen LogP contribution in [0.15, 0.2) is 121 Å². The zero-order valence-corrected chi connectivity index (χ0v) is 48.6. The quantitative estimate of drug-likeness (QED) is 0.0475. The fraction of sp³-hybridized carbons (Fsp3) is 0.441. The molecule has 13 rings (SSSR count). The van der Waals surface area contributed by atoms with Gasteiger partial charge in [0.05, 0.1) is 31.0 Å². The standard InChI is InChI=1S/C68H71N5O14/c1-64-28-27-48(75)29-46(64)19-22-49-50-30-55-68(54(77)35-74,65(50,2)32-53(76)60(49)64)87-62(86-55)44-15-11-40(12-16-44)31-66-37-67(38-66,39-66)72-63(84)85-36-41-13-20-47(21-14-41)70-61(83)51(23-26-59(81)82)71-57(79)33-69-56(78)24-25-58(80)73-34-45-9-4-3-7-42(45)17-18-43-8-5-6-10-52(43)73/h3-16,20-21,27-29,49-51,53,55,60,62,74,76H,19,22-26,30-39H2,1-2H3,(H,69,78)(H,70,83)(H,71,79)(H,72,84)(H,81,82)/t49-,50-,51-,53-,55+,60+,62-,64-,65-,66?,67?,68+/m0/s1. The van der Waals surface area contributed by atoms with E-state index in [9.17, 15) is 53.7 Å². The maximum atomic E-state index is 14.0. The second kappa shape index (κ2) is 23.1. The number of carboxylic acids is 1. The van der Waals surface area contributed by atoms with Gasteiger partial charge in [-0.2, -0.15) is 0 Å². The molecule has 6 saturated carbocycles. The van der Waals surface area contributed by atoms with Crippen LogP contribution in [0, 0.1) is 45.8 Å². The Kier molecular flexibility index (Phi) is 15.7. The fourth-order valence-corrected chi connectivity index (χ4v) is 16.3. The summed E-state index contributed by atoms with van der Waals surface area (Å²) in [6, 6.07) is 28.0. The second-order valence-electron chi connectivity index (χ2n) is 25.7. The molecule has 10 atom stereocenters. The molecule has 5 amide bonds. The van der Waals surface area contributed by atoms with E-state index in [4.69, 9.17) is 14.2 Å². The Bertz CT molecular complexity index is 3590. The van der Waals surface area contributed by atoms with Crippen LogP contribution in [0.5, 0.6) is 0 Å². The minimum Gasteiger partial charge on any atom is -0.481 e. The highest BCUT2D eigenvalue weighted by Crippen LogP contribution is 2.71. The number of allylic oxidation sites excluding steroid dienone is 4. The molecule has 452 valence electrons. The average molecular weight is 1180 g/mol. The molecule has 1 saturated heterocycles. The van der Waals surface area contributed by atoms with Crippen LogP contribution in [0.3, 0.4) is 0 Å². The molecule has 7 fully saturated rings. The van der Waals surface area contributed by atoms with Crippen molar-refractivity contribution in [2.45, 2.75) is 140 Å². The molecule has 4 aromatic carbocycles. The summed E-state index contributed by atoms with van der Waals surface area (Å²) in [5.74, 6) is 2.30. The molecule has 7 aliphatic carbocycles. The van der Waals surface area contributed by atoms with Crippen molar-refractivity contribution in [1.29, 1.82) is 0 Å². The molecule has 0 spiro atoms. The summed E-state index contributed by atoms with van der Waals surface area (Å²) in [5, 5.41) is 42.6. The number of fused-ring (bicyclic) bond motifs is 9. The van der Waals surface area contributed by atoms with Gasteiger partial charge in [0.15, 0.2) is 23.5 Å². The normalized spacial score (nSPS) is 30.3. The number of ketones is 2. The van der Waals surface area contributed by atoms with Gasteiger partial charge in [-0.3, -0.25) is 33.6 Å². The summed E-state index contributed by atoms with van der Waals surface area (Å²) in [6.07, 6.45) is 7.03. The summed E-state index contributed by atoms with van der Waals surface area (Å²) >= 11 is 0. The third kappa shape index (κ3) is 11.1. The van der Waals surface area contributed by atoms with Crippen molar-refractivity contribution in [3.8, 4) is 11.8 Å². The molecule has 0 unspecified atom stereocenters. The molecule has 2 bridgehead atoms. The number of aliphatic hydroxyl groups is 2. The Morgan fingerprint density at radius 2 is 1.56 bits per heavy atom. The number of nitrogens with one attached hydrogen (secondary N) is 4. The number of amides is 5. The number of para-hydroxylation sites is 1. The van der Waals surface area contributed by atoms with Crippen LogP contribution in [0.1, 0.15) is 124 Å². The Morgan fingerprint density at radius 1 is 0.851 bits per heavy atom. The van der Waals surface area contributed by atoms with E-state index in [0.29, 0.717) is 35.3 Å². The first-order chi connectivity index (χ1) is 41.7. The molecule has 87 heavy (non-hydrogen) atoms. The number of carbonyl (C=O) groups excluding carboxylic acids is 7. The first-order valence-electron chi connectivity index (χ1n) is 30.0. The SMILES string of the molecule is C[C@]12C=CC(=O)C=C1CC[C@@H]1[C@@H]2[C@@H](O)C[C@@]2(C)[C@H]1C[C@H]1O[C@H](c3ccc(CC45CC(NC(=O)OCc6ccc(NC(=O)[C@H](CCC(=O)O)NC(=O)CNC(=O)CCC(=O)N7Cc8ccccc8C#Cc8ccccc87)cc6)(C4)C5)cc3)O[C@]12C(=O)CO. The zero-order valence-electron chi connectivity index (χ0n) is 48.6. The van der Waals surface area contributed by atoms with E-state index in [0.717, 1.165) is 66.4 Å². The second-order valence-corrected chi connectivity index (χ2v) is 25.7. The lowest BCUT2D eigenvalue weighted by molar-refractivity contribution is -0.201. The lowest BCUT2D eigenvalue weighted by atomic mass is 9.38. The molecule has 19 nitrogen and oxygen atoms in total. The minimum atomic E-state index is -1.44. The molecular weight excluding hydrogens is 1110 g/mol. The van der Waals surface area contributed by atoms with Gasteiger partial charge >= 0.3 is 12.1 Å². The van der Waals surface area contributed by atoms with Crippen molar-refractivity contribution in [2.75, 3.05) is 23.4 Å². The van der Waals surface area contributed by atoms with Gasteiger partial charge < -0.3 is 55.7 Å². The van der Waals surface area contributed by atoms with Crippen molar-refractivity contribution in [3.05, 3.63) is 154 Å². The van der Waals surface area contributed by atoms with Crippen molar-refractivity contribution >= 4 is 58.6 Å². The highest BCUT2D eigenvalue weighted by Gasteiger charge is 2.76. The predicted molar refractivity (Wildman–Crippen MR) is 316 cm³/mol. The number of carboxylic acid groups (broad SMARTS) is 1. The van der Waals surface area contributed by atoms with Gasteiger partial charge in [0.2, 0.25) is 23.6 Å². The van der Waals surface area contributed by atoms with Crippen LogP contribution in [-0.4, -0.2) is 105 Å². The van der Waals surface area contributed by atoms with E-state index in [2.05, 4.69) is 40.0 Å². The summed E-state index contributed by atoms with van der Waals surface area (Å²) < 4.78 is 19.1. The van der Waals surface area contributed by atoms with Crippen molar-refractivity contribution in [2.24, 2.45) is 34.0 Å². The highest BCUT2D eigenvalue weighted by molar-refractivity contribution is 6.01. The first kappa shape index (κ1) is 59.1. The van der Waals surface area contributed by atoms with Gasteiger partial charge in [0.1, 0.15) is 19.3 Å². The Morgan fingerprint density at radius 3 is 2.31 bits per heavy atom. The summed E-state index contributed by atoms with van der Waals surface area (Å²) in [4.78, 5) is 105.